The van der Waals surface area contributed by atoms with E-state index in [1.807, 2.05) is 68.3 Å². The van der Waals surface area contributed by atoms with E-state index in [4.69, 9.17) is 5.73 Å². The summed E-state index contributed by atoms with van der Waals surface area (Å²) in [5.74, 6) is -6.68. The van der Waals surface area contributed by atoms with Gasteiger partial charge in [-0.2, -0.15) is 0 Å². The van der Waals surface area contributed by atoms with Crippen LogP contribution >= 0.6 is 0 Å². The molecule has 0 aliphatic heterocycles. The molecule has 0 radical (unpaired) electrons. The van der Waals surface area contributed by atoms with E-state index in [1.165, 1.54) is 4.90 Å². The van der Waals surface area contributed by atoms with Crippen LogP contribution in [0.5, 0.6) is 5.75 Å². The highest BCUT2D eigenvalue weighted by atomic mass is 16.3. The van der Waals surface area contributed by atoms with Gasteiger partial charge in [0.2, 0.25) is 5.78 Å². The molecule has 4 atom stereocenters. The van der Waals surface area contributed by atoms with Gasteiger partial charge in [0.05, 0.1) is 11.6 Å². The molecule has 0 bridgehead atoms. The monoisotopic (exact) mass is 590 g/mol. The summed E-state index contributed by atoms with van der Waals surface area (Å²) >= 11 is 0. The van der Waals surface area contributed by atoms with Crippen LogP contribution in [0.1, 0.15) is 23.1 Å². The normalized spacial score (nSPS) is 25.2. The minimum Gasteiger partial charge on any atom is -0.508 e. The van der Waals surface area contributed by atoms with E-state index in [0.29, 0.717) is 23.2 Å². The fourth-order valence-corrected chi connectivity index (χ4v) is 7.11. The van der Waals surface area contributed by atoms with Crippen molar-refractivity contribution in [3.63, 3.8) is 0 Å². The van der Waals surface area contributed by atoms with Crippen LogP contribution in [0.4, 0.5) is 5.69 Å². The predicted molar refractivity (Wildman–Crippen MR) is 161 cm³/mol. The van der Waals surface area contributed by atoms with Crippen LogP contribution in [0.25, 0.3) is 16.9 Å². The van der Waals surface area contributed by atoms with Crippen molar-refractivity contribution in [3.8, 4) is 16.9 Å². The topological polar surface area (TPSA) is 168 Å². The molecule has 228 valence electrons. The largest absolute Gasteiger partial charge is 0.508 e. The maximum Gasteiger partial charge on any atom is 0.255 e. The first kappa shape index (κ1) is 30.3. The molecule has 4 unspecified atom stereocenters. The van der Waals surface area contributed by atoms with Gasteiger partial charge in [-0.15, -0.1) is 0 Å². The van der Waals surface area contributed by atoms with Gasteiger partial charge in [0.15, 0.2) is 11.4 Å². The smallest absolute Gasteiger partial charge is 0.255 e. The molecular formula is C32H38N4O7. The lowest BCUT2D eigenvalue weighted by Gasteiger charge is -2.50. The average Bonchev–Trinajstić information content (AvgIpc) is 2.90. The van der Waals surface area contributed by atoms with Crippen molar-refractivity contribution in [2.75, 3.05) is 47.2 Å². The number of carbonyl (C=O) groups is 3. The maximum atomic E-state index is 14.2. The van der Waals surface area contributed by atoms with Crippen molar-refractivity contribution < 1.29 is 34.8 Å². The average molecular weight is 591 g/mol. The Hall–Kier alpha value is -4.19. The van der Waals surface area contributed by atoms with E-state index in [1.54, 1.807) is 14.1 Å². The van der Waals surface area contributed by atoms with Gasteiger partial charge < -0.3 is 36.0 Å². The number of likely N-dealkylation sites (N-methyl/N-ethyl adjacent to an activating group) is 1. The minimum atomic E-state index is -2.68. The molecule has 0 spiro atoms. The molecule has 43 heavy (non-hydrogen) atoms. The van der Waals surface area contributed by atoms with Crippen LogP contribution in [0.15, 0.2) is 47.2 Å². The zero-order chi connectivity index (χ0) is 31.7. The van der Waals surface area contributed by atoms with Crippen molar-refractivity contribution in [3.05, 3.63) is 63.9 Å². The fourth-order valence-electron chi connectivity index (χ4n) is 7.11. The summed E-state index contributed by atoms with van der Waals surface area (Å²) in [4.78, 5) is 45.1. The first-order valence-corrected chi connectivity index (χ1v) is 14.1. The van der Waals surface area contributed by atoms with Crippen molar-refractivity contribution in [1.82, 2.24) is 9.80 Å². The molecule has 0 saturated heterocycles. The van der Waals surface area contributed by atoms with E-state index in [0.717, 1.165) is 11.3 Å². The first-order valence-electron chi connectivity index (χ1n) is 14.1. The standard InChI is InChI=1S/C32H38N4O7/c1-34(2)14-15-8-7-9-16(10-15)18-13-21(35(3)4)19-11-17-12-20-25(36(5)6)28(39)24(31(33)42)30(41)32(20,43)29(40)22(17)27(38)23(19)26(18)37/h7-10,13,17,20,25,37-38,41,43H,11-12,14H2,1-6H3,(H2,33,42). The predicted octanol–water partition coefficient (Wildman–Crippen LogP) is 1.76. The Morgan fingerprint density at radius 1 is 1.05 bits per heavy atom. The third-order valence-electron chi connectivity index (χ3n) is 8.92. The number of ketones is 2. The highest BCUT2D eigenvalue weighted by molar-refractivity contribution is 6.24. The first-order chi connectivity index (χ1) is 20.1. The summed E-state index contributed by atoms with van der Waals surface area (Å²) in [6.45, 7) is 0.673. The number of anilines is 1. The van der Waals surface area contributed by atoms with Crippen LogP contribution in [-0.4, -0.2) is 102 Å². The van der Waals surface area contributed by atoms with E-state index >= 15 is 0 Å². The Bertz CT molecular complexity index is 1620. The molecule has 1 fully saturated rings. The van der Waals surface area contributed by atoms with E-state index in [9.17, 15) is 34.8 Å². The van der Waals surface area contributed by atoms with Gasteiger partial charge in [-0.1, -0.05) is 18.2 Å². The van der Waals surface area contributed by atoms with Crippen molar-refractivity contribution in [2.45, 2.75) is 31.0 Å². The number of Topliss-reactive ketones (excluding diaryl/α,β-unsaturated/α-hetero) is 2. The zero-order valence-electron chi connectivity index (χ0n) is 25.2. The molecular weight excluding hydrogens is 552 g/mol. The molecule has 3 aliphatic rings. The van der Waals surface area contributed by atoms with Gasteiger partial charge in [0, 0.05) is 43.4 Å². The number of hydrogen-bond donors (Lipinski definition) is 5. The zero-order valence-corrected chi connectivity index (χ0v) is 25.2. The summed E-state index contributed by atoms with van der Waals surface area (Å²) < 4.78 is 0. The summed E-state index contributed by atoms with van der Waals surface area (Å²) in [6.07, 6.45) is 0.254. The molecule has 2 aromatic carbocycles. The number of fused-ring (bicyclic) bond motifs is 3. The lowest BCUT2D eigenvalue weighted by Crippen LogP contribution is -2.65. The van der Waals surface area contributed by atoms with Crippen LogP contribution in [0.2, 0.25) is 0 Å². The third-order valence-corrected chi connectivity index (χ3v) is 8.92. The number of aromatic hydroxyl groups is 1. The number of primary amides is 1. The molecule has 1 amide bonds. The van der Waals surface area contributed by atoms with Crippen molar-refractivity contribution >= 4 is 28.9 Å². The second kappa shape index (κ2) is 10.5. The lowest BCUT2D eigenvalue weighted by molar-refractivity contribution is -0.153. The summed E-state index contributed by atoms with van der Waals surface area (Å²) in [5.41, 5.74) is 5.30. The van der Waals surface area contributed by atoms with E-state index < -0.39 is 58.0 Å². The molecule has 2 aromatic rings. The number of benzene rings is 2. The maximum absolute atomic E-state index is 14.2. The van der Waals surface area contributed by atoms with E-state index in [-0.39, 0.29) is 29.7 Å². The third kappa shape index (κ3) is 4.50. The number of aliphatic hydroxyl groups is 3. The number of rotatable bonds is 6. The SMILES string of the molecule is CN(C)Cc1cccc(-c2cc(N(C)C)c3c(c2O)C(O)=C2C(=O)C4(O)C(O)=C(C(N)=O)C(=O)C(N(C)C)C4CC2C3)c1. The molecule has 0 aromatic heterocycles. The number of phenols is 1. The van der Waals surface area contributed by atoms with Crippen molar-refractivity contribution in [2.24, 2.45) is 17.6 Å². The molecule has 11 heteroatoms. The Labute approximate surface area is 250 Å². The van der Waals surface area contributed by atoms with Gasteiger partial charge in [-0.05, 0) is 75.8 Å². The second-order valence-electron chi connectivity index (χ2n) is 12.4. The molecule has 11 nitrogen and oxygen atoms in total. The van der Waals surface area contributed by atoms with Gasteiger partial charge in [-0.3, -0.25) is 19.3 Å². The Kier molecular flexibility index (Phi) is 7.40. The van der Waals surface area contributed by atoms with Crippen molar-refractivity contribution in [1.29, 1.82) is 0 Å². The van der Waals surface area contributed by atoms with Gasteiger partial charge >= 0.3 is 0 Å². The Balaban J connectivity index is 1.74. The summed E-state index contributed by atoms with van der Waals surface area (Å²) in [7, 11) is 10.7. The van der Waals surface area contributed by atoms with Gasteiger partial charge in [0.1, 0.15) is 22.8 Å². The van der Waals surface area contributed by atoms with E-state index in [2.05, 4.69) is 0 Å². The number of aliphatic hydroxyl groups excluding tert-OH is 2. The quantitative estimate of drug-likeness (QED) is 0.313. The van der Waals surface area contributed by atoms with Crippen LogP contribution < -0.4 is 10.6 Å². The lowest BCUT2D eigenvalue weighted by atomic mass is 9.57. The molecule has 6 N–H and O–H groups in total. The van der Waals surface area contributed by atoms with Gasteiger partial charge in [-0.25, -0.2) is 0 Å². The number of carbonyl (C=O) groups excluding carboxylic acids is 3. The minimum absolute atomic E-state index is 0.0354. The number of hydrogen-bond acceptors (Lipinski definition) is 10. The number of phenolic OH excluding ortho intramolecular Hbond substituents is 1. The highest BCUT2D eigenvalue weighted by Crippen LogP contribution is 2.54. The summed E-state index contributed by atoms with van der Waals surface area (Å²) in [6, 6.07) is 8.38. The summed E-state index contributed by atoms with van der Waals surface area (Å²) in [5, 5.41) is 46.3. The second-order valence-corrected chi connectivity index (χ2v) is 12.4. The van der Waals surface area contributed by atoms with Crippen LogP contribution in [0, 0.1) is 11.8 Å². The Morgan fingerprint density at radius 3 is 2.30 bits per heavy atom. The Morgan fingerprint density at radius 2 is 1.72 bits per heavy atom. The molecule has 5 rings (SSSR count). The van der Waals surface area contributed by atoms with Crippen LogP contribution in [-0.2, 0) is 27.3 Å². The number of nitrogens with zero attached hydrogens (tertiary/aromatic N) is 3. The molecule has 0 heterocycles. The fraction of sp³-hybridized carbons (Fsp3) is 0.406. The number of nitrogens with two attached hydrogens (primary N) is 1. The molecule has 1 saturated carbocycles. The van der Waals surface area contributed by atoms with Crippen LogP contribution in [0.3, 0.4) is 0 Å². The number of amides is 1. The van der Waals surface area contributed by atoms with Gasteiger partial charge in [0.25, 0.3) is 5.91 Å². The molecule has 3 aliphatic carbocycles. The highest BCUT2D eigenvalue weighted by Gasteiger charge is 2.64.